The van der Waals surface area contributed by atoms with Gasteiger partial charge < -0.3 is 24.8 Å². The lowest BCUT2D eigenvalue weighted by molar-refractivity contribution is 0.00973. The number of ether oxygens (including phenoxy) is 1. The highest BCUT2D eigenvalue weighted by Crippen LogP contribution is 2.29. The zero-order valence-electron chi connectivity index (χ0n) is 12.0. The van der Waals surface area contributed by atoms with Gasteiger partial charge >= 0.3 is 12.1 Å². The Kier molecular flexibility index (Phi) is 3.44. The number of aryl methyl sites for hydroxylation is 1. The van der Waals surface area contributed by atoms with E-state index in [4.69, 9.17) is 4.74 Å². The largest absolute Gasteiger partial charge is 0.441 e. The van der Waals surface area contributed by atoms with Gasteiger partial charge in [-0.25, -0.2) is 14.6 Å². The van der Waals surface area contributed by atoms with Crippen molar-refractivity contribution in [1.82, 2.24) is 25.1 Å². The molecule has 3 rings (SSSR count). The van der Waals surface area contributed by atoms with Crippen molar-refractivity contribution in [3.8, 4) is 0 Å². The summed E-state index contributed by atoms with van der Waals surface area (Å²) < 4.78 is 7.20. The van der Waals surface area contributed by atoms with E-state index in [-0.39, 0.29) is 12.1 Å². The SMILES string of the molecule is Cn1ccnc1CNC(=O)N1CCC2(CC1)CNC(=O)O2. The molecule has 1 aromatic heterocycles. The van der Waals surface area contributed by atoms with Gasteiger partial charge in [-0.05, 0) is 0 Å². The van der Waals surface area contributed by atoms with Crippen LogP contribution in [0.2, 0.25) is 0 Å². The van der Waals surface area contributed by atoms with E-state index in [1.807, 2.05) is 17.8 Å². The predicted molar refractivity (Wildman–Crippen MR) is 73.5 cm³/mol. The van der Waals surface area contributed by atoms with Crippen LogP contribution in [0.5, 0.6) is 0 Å². The first-order valence-corrected chi connectivity index (χ1v) is 7.04. The molecule has 0 unspecified atom stereocenters. The fourth-order valence-electron chi connectivity index (χ4n) is 2.73. The Labute approximate surface area is 122 Å². The molecule has 0 aliphatic carbocycles. The third kappa shape index (κ3) is 2.79. The fourth-order valence-corrected chi connectivity index (χ4v) is 2.73. The summed E-state index contributed by atoms with van der Waals surface area (Å²) in [6.45, 7) is 2.11. The van der Waals surface area contributed by atoms with Gasteiger partial charge in [0.25, 0.3) is 0 Å². The van der Waals surface area contributed by atoms with E-state index < -0.39 is 5.60 Å². The summed E-state index contributed by atoms with van der Waals surface area (Å²) in [5.41, 5.74) is -0.423. The number of piperidine rings is 1. The van der Waals surface area contributed by atoms with Gasteiger partial charge in [0.05, 0.1) is 13.1 Å². The zero-order valence-corrected chi connectivity index (χ0v) is 12.0. The van der Waals surface area contributed by atoms with E-state index in [0.717, 1.165) is 5.82 Å². The summed E-state index contributed by atoms with van der Waals surface area (Å²) in [6, 6.07) is -0.106. The second-order valence-corrected chi connectivity index (χ2v) is 5.53. The number of carbonyl (C=O) groups is 2. The molecule has 8 heteroatoms. The zero-order chi connectivity index (χ0) is 14.9. The lowest BCUT2D eigenvalue weighted by Gasteiger charge is -2.37. The number of likely N-dealkylation sites (tertiary alicyclic amines) is 1. The lowest BCUT2D eigenvalue weighted by Crippen LogP contribution is -2.51. The number of carbonyl (C=O) groups excluding carboxylic acids is 2. The highest BCUT2D eigenvalue weighted by atomic mass is 16.6. The van der Waals surface area contributed by atoms with Crippen LogP contribution in [0.3, 0.4) is 0 Å². The molecule has 2 aliphatic rings. The fraction of sp³-hybridized carbons (Fsp3) is 0.615. The average molecular weight is 293 g/mol. The molecule has 21 heavy (non-hydrogen) atoms. The summed E-state index contributed by atoms with van der Waals surface area (Å²) in [6.07, 6.45) is 4.52. The second kappa shape index (κ2) is 5.27. The average Bonchev–Trinajstić information content (AvgIpc) is 3.04. The van der Waals surface area contributed by atoms with Gasteiger partial charge in [0.1, 0.15) is 11.4 Å². The van der Waals surface area contributed by atoms with Gasteiger partial charge in [-0.2, -0.15) is 0 Å². The Bertz CT molecular complexity index is 548. The van der Waals surface area contributed by atoms with Crippen LogP contribution in [0.1, 0.15) is 18.7 Å². The first-order chi connectivity index (χ1) is 10.1. The van der Waals surface area contributed by atoms with Crippen LogP contribution in [-0.2, 0) is 18.3 Å². The summed E-state index contributed by atoms with van der Waals surface area (Å²) in [4.78, 5) is 29.2. The van der Waals surface area contributed by atoms with Crippen molar-refractivity contribution < 1.29 is 14.3 Å². The summed E-state index contributed by atoms with van der Waals surface area (Å²) in [7, 11) is 1.89. The van der Waals surface area contributed by atoms with Crippen LogP contribution < -0.4 is 10.6 Å². The van der Waals surface area contributed by atoms with Crippen molar-refractivity contribution in [2.45, 2.75) is 25.0 Å². The first-order valence-electron chi connectivity index (χ1n) is 7.04. The third-order valence-electron chi connectivity index (χ3n) is 4.14. The molecule has 8 nitrogen and oxygen atoms in total. The molecular formula is C13H19N5O3. The lowest BCUT2D eigenvalue weighted by atomic mass is 9.92. The predicted octanol–water partition coefficient (Wildman–Crippen LogP) is 0.204. The van der Waals surface area contributed by atoms with Crippen LogP contribution in [0, 0.1) is 0 Å². The van der Waals surface area contributed by atoms with Crippen molar-refractivity contribution >= 4 is 12.1 Å². The maximum absolute atomic E-state index is 12.1. The Hall–Kier alpha value is -2.25. The summed E-state index contributed by atoms with van der Waals surface area (Å²) in [5, 5.41) is 5.55. The molecular weight excluding hydrogens is 274 g/mol. The number of urea groups is 1. The molecule has 1 aromatic rings. The Balaban J connectivity index is 1.49. The van der Waals surface area contributed by atoms with Gasteiger partial charge in [-0.15, -0.1) is 0 Å². The van der Waals surface area contributed by atoms with Gasteiger partial charge in [0, 0.05) is 45.4 Å². The molecule has 2 N–H and O–H groups in total. The number of hydrogen-bond acceptors (Lipinski definition) is 4. The Morgan fingerprint density at radius 1 is 1.52 bits per heavy atom. The molecule has 0 radical (unpaired) electrons. The molecule has 0 atom stereocenters. The topological polar surface area (TPSA) is 88.5 Å². The van der Waals surface area contributed by atoms with E-state index in [1.165, 1.54) is 0 Å². The highest BCUT2D eigenvalue weighted by molar-refractivity contribution is 5.74. The maximum atomic E-state index is 12.1. The number of imidazole rings is 1. The summed E-state index contributed by atoms with van der Waals surface area (Å²) in [5.74, 6) is 0.811. The van der Waals surface area contributed by atoms with E-state index in [2.05, 4.69) is 15.6 Å². The number of aromatic nitrogens is 2. The highest BCUT2D eigenvalue weighted by Gasteiger charge is 2.43. The van der Waals surface area contributed by atoms with E-state index in [1.54, 1.807) is 11.1 Å². The number of nitrogens with zero attached hydrogens (tertiary/aromatic N) is 3. The van der Waals surface area contributed by atoms with Crippen LogP contribution in [0.15, 0.2) is 12.4 Å². The van der Waals surface area contributed by atoms with Gasteiger partial charge in [0.2, 0.25) is 0 Å². The number of hydrogen-bond donors (Lipinski definition) is 2. The van der Waals surface area contributed by atoms with Crippen LogP contribution in [0.25, 0.3) is 0 Å². The van der Waals surface area contributed by atoms with E-state index in [0.29, 0.717) is 39.0 Å². The molecule has 0 aromatic carbocycles. The standard InChI is InChI=1S/C13H19N5O3/c1-17-7-4-14-10(17)8-15-11(19)18-5-2-13(3-6-18)9-16-12(20)21-13/h4,7H,2-3,5-6,8-9H2,1H3,(H,15,19)(H,16,20). The molecule has 0 bridgehead atoms. The number of nitrogens with one attached hydrogen (secondary N) is 2. The van der Waals surface area contributed by atoms with Crippen molar-refractivity contribution in [2.24, 2.45) is 7.05 Å². The molecule has 2 fully saturated rings. The summed E-state index contributed by atoms with van der Waals surface area (Å²) >= 11 is 0. The normalized spacial score (nSPS) is 20.2. The monoisotopic (exact) mass is 293 g/mol. The van der Waals surface area contributed by atoms with Crippen molar-refractivity contribution in [1.29, 1.82) is 0 Å². The molecule has 3 heterocycles. The molecule has 2 saturated heterocycles. The Morgan fingerprint density at radius 3 is 2.86 bits per heavy atom. The third-order valence-corrected chi connectivity index (χ3v) is 4.14. The smallest absolute Gasteiger partial charge is 0.407 e. The van der Waals surface area contributed by atoms with Crippen molar-refractivity contribution in [3.63, 3.8) is 0 Å². The van der Waals surface area contributed by atoms with Crippen molar-refractivity contribution in [3.05, 3.63) is 18.2 Å². The number of alkyl carbamates (subject to hydrolysis) is 1. The van der Waals surface area contributed by atoms with Gasteiger partial charge in [-0.3, -0.25) is 0 Å². The molecule has 2 aliphatic heterocycles. The molecule has 0 saturated carbocycles. The van der Waals surface area contributed by atoms with Gasteiger partial charge in [-0.1, -0.05) is 0 Å². The van der Waals surface area contributed by atoms with Crippen LogP contribution in [0.4, 0.5) is 9.59 Å². The van der Waals surface area contributed by atoms with Gasteiger partial charge in [0.15, 0.2) is 0 Å². The molecule has 114 valence electrons. The minimum Gasteiger partial charge on any atom is -0.441 e. The second-order valence-electron chi connectivity index (χ2n) is 5.53. The molecule has 3 amide bonds. The molecule has 1 spiro atoms. The van der Waals surface area contributed by atoms with E-state index >= 15 is 0 Å². The van der Waals surface area contributed by atoms with E-state index in [9.17, 15) is 9.59 Å². The maximum Gasteiger partial charge on any atom is 0.407 e. The van der Waals surface area contributed by atoms with Crippen LogP contribution >= 0.6 is 0 Å². The minimum atomic E-state index is -0.423. The Morgan fingerprint density at radius 2 is 2.29 bits per heavy atom. The van der Waals surface area contributed by atoms with Crippen LogP contribution in [-0.4, -0.2) is 51.8 Å². The first kappa shape index (κ1) is 13.7. The quantitative estimate of drug-likeness (QED) is 0.815. The van der Waals surface area contributed by atoms with Crippen molar-refractivity contribution in [2.75, 3.05) is 19.6 Å². The number of rotatable bonds is 2. The number of amides is 3. The minimum absolute atomic E-state index is 0.106.